The van der Waals surface area contributed by atoms with Crippen molar-refractivity contribution in [1.82, 2.24) is 4.90 Å². The number of likely N-dealkylation sites (tertiary alicyclic amines) is 1. The van der Waals surface area contributed by atoms with E-state index in [1.54, 1.807) is 7.11 Å². The fourth-order valence-corrected chi connectivity index (χ4v) is 3.47. The lowest BCUT2D eigenvalue weighted by molar-refractivity contribution is -0.118. The van der Waals surface area contributed by atoms with Crippen LogP contribution >= 0.6 is 12.4 Å². The molecule has 6 heteroatoms. The van der Waals surface area contributed by atoms with E-state index < -0.39 is 0 Å². The number of nitrogens with one attached hydrogen (secondary N) is 1. The van der Waals surface area contributed by atoms with Gasteiger partial charge in [-0.1, -0.05) is 17.7 Å². The monoisotopic (exact) mass is 355 g/mol. The third-order valence-electron chi connectivity index (χ3n) is 4.68. The van der Waals surface area contributed by atoms with Crippen LogP contribution in [0.25, 0.3) is 0 Å². The van der Waals surface area contributed by atoms with E-state index >= 15 is 0 Å². The van der Waals surface area contributed by atoms with Gasteiger partial charge in [0.15, 0.2) is 0 Å². The molecule has 0 spiro atoms. The maximum Gasteiger partial charge on any atom is 0.238 e. The van der Waals surface area contributed by atoms with Gasteiger partial charge in [0, 0.05) is 31.9 Å². The third kappa shape index (κ3) is 5.18. The largest absolute Gasteiger partial charge is 0.381 e. The number of carbonyl (C=O) groups is 1. The van der Waals surface area contributed by atoms with Crippen molar-refractivity contribution in [3.63, 3.8) is 0 Å². The van der Waals surface area contributed by atoms with Crippen LogP contribution in [0.2, 0.25) is 0 Å². The summed E-state index contributed by atoms with van der Waals surface area (Å²) in [6.45, 7) is 7.91. The number of aryl methyl sites for hydroxylation is 3. The van der Waals surface area contributed by atoms with Gasteiger partial charge in [-0.2, -0.15) is 0 Å². The van der Waals surface area contributed by atoms with Gasteiger partial charge in [-0.25, -0.2) is 0 Å². The minimum absolute atomic E-state index is 0. The van der Waals surface area contributed by atoms with E-state index in [-0.39, 0.29) is 30.5 Å². The van der Waals surface area contributed by atoms with E-state index in [0.29, 0.717) is 13.1 Å². The summed E-state index contributed by atoms with van der Waals surface area (Å²) in [7, 11) is 1.74. The molecule has 1 aromatic rings. The van der Waals surface area contributed by atoms with Crippen LogP contribution in [0, 0.1) is 20.8 Å². The molecule has 0 bridgehead atoms. The van der Waals surface area contributed by atoms with Gasteiger partial charge in [0.2, 0.25) is 5.91 Å². The first-order valence-corrected chi connectivity index (χ1v) is 8.29. The smallest absolute Gasteiger partial charge is 0.238 e. The summed E-state index contributed by atoms with van der Waals surface area (Å²) < 4.78 is 5.43. The second-order valence-electron chi connectivity index (χ2n) is 6.56. The van der Waals surface area contributed by atoms with Crippen molar-refractivity contribution < 1.29 is 9.53 Å². The first-order valence-electron chi connectivity index (χ1n) is 8.29. The first kappa shape index (κ1) is 20.9. The summed E-state index contributed by atoms with van der Waals surface area (Å²) in [5.74, 6) is 0.0226. The Hall–Kier alpha value is -1.14. The zero-order valence-electron chi connectivity index (χ0n) is 15.1. The third-order valence-corrected chi connectivity index (χ3v) is 4.68. The molecule has 2 atom stereocenters. The van der Waals surface area contributed by atoms with Gasteiger partial charge in [0.25, 0.3) is 0 Å². The number of nitrogens with zero attached hydrogens (tertiary/aromatic N) is 1. The first-order chi connectivity index (χ1) is 10.9. The highest BCUT2D eigenvalue weighted by Gasteiger charge is 2.28. The number of rotatable bonds is 5. The zero-order chi connectivity index (χ0) is 17.0. The van der Waals surface area contributed by atoms with E-state index in [1.165, 1.54) is 5.56 Å². The van der Waals surface area contributed by atoms with Gasteiger partial charge in [-0.05, 0) is 44.7 Å². The maximum absolute atomic E-state index is 12.5. The SMILES string of the molecule is COC1CCN(CC(=O)Nc2c(C)cc(C)cc2C)C(CN)C1.Cl. The van der Waals surface area contributed by atoms with Crippen molar-refractivity contribution in [3.05, 3.63) is 28.8 Å². The summed E-state index contributed by atoms with van der Waals surface area (Å²) in [6, 6.07) is 4.39. The molecule has 2 rings (SSSR count). The average molecular weight is 356 g/mol. The number of amides is 1. The zero-order valence-corrected chi connectivity index (χ0v) is 15.9. The number of anilines is 1. The van der Waals surface area contributed by atoms with Gasteiger partial charge in [-0.15, -0.1) is 12.4 Å². The minimum Gasteiger partial charge on any atom is -0.381 e. The molecule has 136 valence electrons. The number of methoxy groups -OCH3 is 1. The molecule has 1 amide bonds. The summed E-state index contributed by atoms with van der Waals surface area (Å²) in [5, 5.41) is 3.07. The minimum atomic E-state index is 0. The van der Waals surface area contributed by atoms with Crippen molar-refractivity contribution in [3.8, 4) is 0 Å². The number of nitrogens with two attached hydrogens (primary N) is 1. The average Bonchev–Trinajstić information content (AvgIpc) is 2.51. The van der Waals surface area contributed by atoms with Crippen molar-refractivity contribution in [2.24, 2.45) is 5.73 Å². The standard InChI is InChI=1S/C18H29N3O2.ClH/c1-12-7-13(2)18(14(3)8-12)20-17(22)11-21-6-5-16(23-4)9-15(21)10-19;/h7-8,15-16H,5-6,9-11,19H2,1-4H3,(H,20,22);1H. The molecule has 24 heavy (non-hydrogen) atoms. The maximum atomic E-state index is 12.5. The second kappa shape index (κ2) is 9.37. The summed E-state index contributed by atoms with van der Waals surface area (Å²) in [4.78, 5) is 14.6. The number of ether oxygens (including phenoxy) is 1. The molecule has 1 fully saturated rings. The molecule has 0 radical (unpaired) electrons. The van der Waals surface area contributed by atoms with Crippen LogP contribution in [0.3, 0.4) is 0 Å². The molecular weight excluding hydrogens is 326 g/mol. The molecule has 1 saturated heterocycles. The number of piperidine rings is 1. The number of benzene rings is 1. The summed E-state index contributed by atoms with van der Waals surface area (Å²) >= 11 is 0. The summed E-state index contributed by atoms with van der Waals surface area (Å²) in [6.07, 6.45) is 2.09. The van der Waals surface area contributed by atoms with Gasteiger partial charge < -0.3 is 15.8 Å². The Bertz CT molecular complexity index is 542. The molecule has 1 aromatic carbocycles. The number of carbonyl (C=O) groups excluding carboxylic acids is 1. The Kier molecular flexibility index (Phi) is 8.16. The Labute approximate surface area is 151 Å². The van der Waals surface area contributed by atoms with Crippen LogP contribution in [0.4, 0.5) is 5.69 Å². The van der Waals surface area contributed by atoms with Crippen LogP contribution in [-0.2, 0) is 9.53 Å². The molecular formula is C18H30ClN3O2. The van der Waals surface area contributed by atoms with Crippen LogP contribution in [0.15, 0.2) is 12.1 Å². The topological polar surface area (TPSA) is 67.6 Å². The lowest BCUT2D eigenvalue weighted by Gasteiger charge is -2.38. The van der Waals surface area contributed by atoms with Crippen molar-refractivity contribution >= 4 is 24.0 Å². The highest BCUT2D eigenvalue weighted by atomic mass is 35.5. The predicted octanol–water partition coefficient (Wildman–Crippen LogP) is 2.41. The van der Waals surface area contributed by atoms with Crippen molar-refractivity contribution in [2.75, 3.05) is 32.1 Å². The molecule has 1 aliphatic rings. The predicted molar refractivity (Wildman–Crippen MR) is 101 cm³/mol. The van der Waals surface area contributed by atoms with Crippen LogP contribution < -0.4 is 11.1 Å². The van der Waals surface area contributed by atoms with Crippen LogP contribution in [0.1, 0.15) is 29.5 Å². The van der Waals surface area contributed by atoms with Crippen LogP contribution in [0.5, 0.6) is 0 Å². The highest BCUT2D eigenvalue weighted by Crippen LogP contribution is 2.23. The molecule has 0 aromatic heterocycles. The van der Waals surface area contributed by atoms with E-state index in [1.807, 2.05) is 13.8 Å². The van der Waals surface area contributed by atoms with Crippen LogP contribution in [-0.4, -0.2) is 49.7 Å². The highest BCUT2D eigenvalue weighted by molar-refractivity contribution is 5.93. The fourth-order valence-electron chi connectivity index (χ4n) is 3.47. The van der Waals surface area contributed by atoms with E-state index in [0.717, 1.165) is 36.2 Å². The molecule has 0 aliphatic carbocycles. The van der Waals surface area contributed by atoms with Gasteiger partial charge >= 0.3 is 0 Å². The van der Waals surface area contributed by atoms with Gasteiger partial charge in [-0.3, -0.25) is 9.69 Å². The number of halogens is 1. The fraction of sp³-hybridized carbons (Fsp3) is 0.611. The molecule has 1 aliphatic heterocycles. The Morgan fingerprint density at radius 1 is 1.33 bits per heavy atom. The van der Waals surface area contributed by atoms with E-state index in [9.17, 15) is 4.79 Å². The van der Waals surface area contributed by atoms with Crippen molar-refractivity contribution in [1.29, 1.82) is 0 Å². The Morgan fingerprint density at radius 3 is 2.50 bits per heavy atom. The second-order valence-corrected chi connectivity index (χ2v) is 6.56. The Morgan fingerprint density at radius 2 is 1.96 bits per heavy atom. The molecule has 0 saturated carbocycles. The summed E-state index contributed by atoms with van der Waals surface area (Å²) in [5.41, 5.74) is 10.2. The molecule has 2 unspecified atom stereocenters. The normalized spacial score (nSPS) is 21.2. The quantitative estimate of drug-likeness (QED) is 0.851. The lowest BCUT2D eigenvalue weighted by Crippen LogP contribution is -2.51. The lowest BCUT2D eigenvalue weighted by atomic mass is 9.99. The number of hydrogen-bond donors (Lipinski definition) is 2. The Balaban J connectivity index is 0.00000288. The van der Waals surface area contributed by atoms with Gasteiger partial charge in [0.05, 0.1) is 12.6 Å². The van der Waals surface area contributed by atoms with Gasteiger partial charge in [0.1, 0.15) is 0 Å². The number of hydrogen-bond acceptors (Lipinski definition) is 4. The van der Waals surface area contributed by atoms with E-state index in [2.05, 4.69) is 29.3 Å². The molecule has 1 heterocycles. The van der Waals surface area contributed by atoms with E-state index in [4.69, 9.17) is 10.5 Å². The molecule has 3 N–H and O–H groups in total. The molecule has 5 nitrogen and oxygen atoms in total. The van der Waals surface area contributed by atoms with Crippen molar-refractivity contribution in [2.45, 2.75) is 45.8 Å².